The Kier molecular flexibility index (Phi) is 3.10. The van der Waals surface area contributed by atoms with Crippen molar-refractivity contribution in [2.75, 3.05) is 31.1 Å². The van der Waals surface area contributed by atoms with Gasteiger partial charge >= 0.3 is 0 Å². The average Bonchev–Trinajstić information content (AvgIpc) is 3.21. The van der Waals surface area contributed by atoms with E-state index in [-0.39, 0.29) is 5.91 Å². The van der Waals surface area contributed by atoms with E-state index in [1.807, 2.05) is 40.9 Å². The van der Waals surface area contributed by atoms with Crippen LogP contribution in [0.4, 0.5) is 5.95 Å². The van der Waals surface area contributed by atoms with E-state index in [0.717, 1.165) is 37.8 Å². The van der Waals surface area contributed by atoms with Gasteiger partial charge in [-0.25, -0.2) is 9.97 Å². The SMILES string of the molecule is Cn1cccc1C(=O)N1C[C@H]2CN(c3ncccn3)C[C@@H]2C1. The van der Waals surface area contributed by atoms with Crippen LogP contribution in [-0.4, -0.2) is 51.5 Å². The first-order valence-electron chi connectivity index (χ1n) is 7.65. The van der Waals surface area contributed by atoms with Crippen LogP contribution in [0.15, 0.2) is 36.8 Å². The number of hydrogen-bond donors (Lipinski definition) is 0. The minimum Gasteiger partial charge on any atom is -0.347 e. The number of rotatable bonds is 2. The van der Waals surface area contributed by atoms with Crippen molar-refractivity contribution >= 4 is 11.9 Å². The molecule has 1 amide bonds. The summed E-state index contributed by atoms with van der Waals surface area (Å²) < 4.78 is 1.89. The van der Waals surface area contributed by atoms with Crippen LogP contribution in [0.1, 0.15) is 10.5 Å². The Morgan fingerprint density at radius 1 is 1.09 bits per heavy atom. The Morgan fingerprint density at radius 2 is 1.77 bits per heavy atom. The molecule has 6 heteroatoms. The second-order valence-electron chi connectivity index (χ2n) is 6.19. The normalized spacial score (nSPS) is 23.9. The molecule has 2 atom stereocenters. The molecule has 2 aromatic heterocycles. The maximum Gasteiger partial charge on any atom is 0.270 e. The standard InChI is InChI=1S/C16H19N5O/c1-19-7-2-4-14(19)15(22)20-8-12-10-21(11-13(12)9-20)16-17-5-3-6-18-16/h2-7,12-13H,8-11H2,1H3/t12-,13-/m0/s1. The molecule has 0 radical (unpaired) electrons. The van der Waals surface area contributed by atoms with Crippen LogP contribution in [-0.2, 0) is 7.05 Å². The second-order valence-corrected chi connectivity index (χ2v) is 6.19. The number of likely N-dealkylation sites (tertiary alicyclic amines) is 1. The maximum atomic E-state index is 12.6. The first-order chi connectivity index (χ1) is 10.7. The van der Waals surface area contributed by atoms with Crippen molar-refractivity contribution in [2.24, 2.45) is 18.9 Å². The molecular weight excluding hydrogens is 278 g/mol. The molecule has 114 valence electrons. The quantitative estimate of drug-likeness (QED) is 0.830. The van der Waals surface area contributed by atoms with E-state index in [1.165, 1.54) is 0 Å². The molecule has 0 aliphatic carbocycles. The molecule has 0 saturated carbocycles. The summed E-state index contributed by atoms with van der Waals surface area (Å²) in [5.74, 6) is 1.99. The number of aryl methyl sites for hydroxylation is 1. The molecule has 2 aliphatic heterocycles. The number of fused-ring (bicyclic) bond motifs is 1. The van der Waals surface area contributed by atoms with Crippen molar-refractivity contribution < 1.29 is 4.79 Å². The third-order valence-corrected chi connectivity index (χ3v) is 4.77. The van der Waals surface area contributed by atoms with E-state index in [0.29, 0.717) is 11.8 Å². The Balaban J connectivity index is 1.44. The summed E-state index contributed by atoms with van der Waals surface area (Å²) in [4.78, 5) is 25.5. The molecule has 0 bridgehead atoms. The van der Waals surface area contributed by atoms with Gasteiger partial charge < -0.3 is 14.4 Å². The summed E-state index contributed by atoms with van der Waals surface area (Å²) >= 11 is 0. The van der Waals surface area contributed by atoms with E-state index in [9.17, 15) is 4.79 Å². The van der Waals surface area contributed by atoms with Crippen LogP contribution in [0, 0.1) is 11.8 Å². The minimum atomic E-state index is 0.143. The highest BCUT2D eigenvalue weighted by Crippen LogP contribution is 2.33. The van der Waals surface area contributed by atoms with E-state index < -0.39 is 0 Å². The van der Waals surface area contributed by atoms with Crippen molar-refractivity contribution in [3.05, 3.63) is 42.5 Å². The van der Waals surface area contributed by atoms with E-state index in [4.69, 9.17) is 0 Å². The number of carbonyl (C=O) groups excluding carboxylic acids is 1. The van der Waals surface area contributed by atoms with Gasteiger partial charge in [0.2, 0.25) is 5.95 Å². The molecule has 6 nitrogen and oxygen atoms in total. The lowest BCUT2D eigenvalue weighted by Crippen LogP contribution is -2.34. The highest BCUT2D eigenvalue weighted by atomic mass is 16.2. The van der Waals surface area contributed by atoms with Crippen LogP contribution in [0.2, 0.25) is 0 Å². The van der Waals surface area contributed by atoms with Gasteiger partial charge in [-0.1, -0.05) is 0 Å². The van der Waals surface area contributed by atoms with Gasteiger partial charge in [-0.15, -0.1) is 0 Å². The summed E-state index contributed by atoms with van der Waals surface area (Å²) in [5.41, 5.74) is 0.767. The number of carbonyl (C=O) groups is 1. The van der Waals surface area contributed by atoms with Crippen LogP contribution in [0.3, 0.4) is 0 Å². The van der Waals surface area contributed by atoms with E-state index in [1.54, 1.807) is 12.4 Å². The Bertz CT molecular complexity index is 669. The molecule has 2 fully saturated rings. The predicted octanol–water partition coefficient (Wildman–Crippen LogP) is 1.02. The Morgan fingerprint density at radius 3 is 2.36 bits per heavy atom. The number of aromatic nitrogens is 3. The molecule has 2 saturated heterocycles. The zero-order chi connectivity index (χ0) is 15.1. The number of hydrogen-bond acceptors (Lipinski definition) is 4. The number of amides is 1. The van der Waals surface area contributed by atoms with Gasteiger partial charge in [0.25, 0.3) is 5.91 Å². The lowest BCUT2D eigenvalue weighted by atomic mass is 10.0. The third-order valence-electron chi connectivity index (χ3n) is 4.77. The van der Waals surface area contributed by atoms with Crippen molar-refractivity contribution in [2.45, 2.75) is 0 Å². The average molecular weight is 297 g/mol. The number of anilines is 1. The summed E-state index contributed by atoms with van der Waals surface area (Å²) in [6, 6.07) is 5.64. The van der Waals surface area contributed by atoms with Gasteiger partial charge in [-0.05, 0) is 18.2 Å². The molecule has 4 rings (SSSR count). The highest BCUT2D eigenvalue weighted by Gasteiger charge is 2.42. The number of nitrogens with zero attached hydrogens (tertiary/aromatic N) is 5. The van der Waals surface area contributed by atoms with Gasteiger partial charge in [-0.2, -0.15) is 0 Å². The molecule has 2 aliphatic rings. The smallest absolute Gasteiger partial charge is 0.270 e. The zero-order valence-electron chi connectivity index (χ0n) is 12.6. The van der Waals surface area contributed by atoms with Crippen LogP contribution >= 0.6 is 0 Å². The van der Waals surface area contributed by atoms with Crippen molar-refractivity contribution in [3.8, 4) is 0 Å². The lowest BCUT2D eigenvalue weighted by Gasteiger charge is -2.21. The Labute approximate surface area is 129 Å². The molecule has 0 aromatic carbocycles. The first-order valence-corrected chi connectivity index (χ1v) is 7.65. The summed E-state index contributed by atoms with van der Waals surface area (Å²) in [6.07, 6.45) is 5.47. The first kappa shape index (κ1) is 13.3. The molecule has 2 aromatic rings. The van der Waals surface area contributed by atoms with E-state index >= 15 is 0 Å². The lowest BCUT2D eigenvalue weighted by molar-refractivity contribution is 0.0773. The van der Waals surface area contributed by atoms with Crippen LogP contribution < -0.4 is 4.90 Å². The largest absolute Gasteiger partial charge is 0.347 e. The molecule has 0 unspecified atom stereocenters. The summed E-state index contributed by atoms with van der Waals surface area (Å²) in [6.45, 7) is 3.53. The third kappa shape index (κ3) is 2.15. The molecular formula is C16H19N5O. The van der Waals surface area contributed by atoms with Gasteiger partial charge in [-0.3, -0.25) is 4.79 Å². The van der Waals surface area contributed by atoms with Gasteiger partial charge in [0, 0.05) is 63.7 Å². The fourth-order valence-electron chi connectivity index (χ4n) is 3.62. The molecule has 22 heavy (non-hydrogen) atoms. The van der Waals surface area contributed by atoms with Gasteiger partial charge in [0.15, 0.2) is 0 Å². The predicted molar refractivity (Wildman–Crippen MR) is 82.5 cm³/mol. The zero-order valence-corrected chi connectivity index (χ0v) is 12.6. The van der Waals surface area contributed by atoms with Crippen molar-refractivity contribution in [1.29, 1.82) is 0 Å². The van der Waals surface area contributed by atoms with Crippen LogP contribution in [0.5, 0.6) is 0 Å². The summed E-state index contributed by atoms with van der Waals surface area (Å²) in [5, 5.41) is 0. The topological polar surface area (TPSA) is 54.3 Å². The monoisotopic (exact) mass is 297 g/mol. The minimum absolute atomic E-state index is 0.143. The van der Waals surface area contributed by atoms with Crippen LogP contribution in [0.25, 0.3) is 0 Å². The van der Waals surface area contributed by atoms with Gasteiger partial charge in [0.05, 0.1) is 0 Å². The fraction of sp³-hybridized carbons (Fsp3) is 0.438. The molecule has 0 N–H and O–H groups in total. The maximum absolute atomic E-state index is 12.6. The van der Waals surface area contributed by atoms with Crippen molar-refractivity contribution in [1.82, 2.24) is 19.4 Å². The molecule has 0 spiro atoms. The summed E-state index contributed by atoms with van der Waals surface area (Å²) in [7, 11) is 1.92. The van der Waals surface area contributed by atoms with E-state index in [2.05, 4.69) is 14.9 Å². The fourth-order valence-corrected chi connectivity index (χ4v) is 3.62. The van der Waals surface area contributed by atoms with Gasteiger partial charge in [0.1, 0.15) is 5.69 Å². The highest BCUT2D eigenvalue weighted by molar-refractivity contribution is 5.93. The van der Waals surface area contributed by atoms with Crippen molar-refractivity contribution in [3.63, 3.8) is 0 Å². The molecule has 4 heterocycles. The second kappa shape index (κ2) is 5.12. The Hall–Kier alpha value is -2.37.